The van der Waals surface area contributed by atoms with E-state index in [9.17, 15) is 18.0 Å². The van der Waals surface area contributed by atoms with Crippen LogP contribution in [0, 0.1) is 0 Å². The molecule has 0 fully saturated rings. The van der Waals surface area contributed by atoms with Crippen molar-refractivity contribution in [2.24, 2.45) is 5.73 Å². The number of aromatic nitrogens is 2. The number of carbonyl (C=O) groups is 1. The van der Waals surface area contributed by atoms with Crippen LogP contribution < -0.4 is 21.1 Å². The van der Waals surface area contributed by atoms with Crippen molar-refractivity contribution in [2.45, 2.75) is 12.2 Å². The van der Waals surface area contributed by atoms with Crippen LogP contribution in [0.1, 0.15) is 17.2 Å². The van der Waals surface area contributed by atoms with Gasteiger partial charge in [-0.25, -0.2) is 9.78 Å². The van der Waals surface area contributed by atoms with E-state index in [1.807, 2.05) is 6.07 Å². The molecule has 1 atom stereocenters. The molecule has 1 unspecified atom stereocenters. The van der Waals surface area contributed by atoms with E-state index in [2.05, 4.69) is 20.6 Å². The zero-order valence-corrected chi connectivity index (χ0v) is 17.3. The van der Waals surface area contributed by atoms with Gasteiger partial charge in [-0.3, -0.25) is 0 Å². The first-order chi connectivity index (χ1) is 15.3. The maximum atomic E-state index is 12.8. The zero-order chi connectivity index (χ0) is 22.7. The summed E-state index contributed by atoms with van der Waals surface area (Å²) in [4.78, 5) is 19.7. The third-order valence-electron chi connectivity index (χ3n) is 4.71. The number of hydrogen-bond acceptors (Lipinski definition) is 6. The molecular formula is C21H18F3N5O2S. The molecule has 0 radical (unpaired) electrons. The number of pyridine rings is 1. The minimum Gasteiger partial charge on any atom is -0.397 e. The molecule has 4 rings (SSSR count). The third kappa shape index (κ3) is 4.68. The second-order valence-corrected chi connectivity index (χ2v) is 7.67. The van der Waals surface area contributed by atoms with E-state index in [0.717, 1.165) is 23.2 Å². The molecule has 0 aliphatic heterocycles. The van der Waals surface area contributed by atoms with E-state index in [0.29, 0.717) is 22.0 Å². The molecule has 1 amide bonds. The van der Waals surface area contributed by atoms with Crippen LogP contribution in [0.3, 0.4) is 0 Å². The third-order valence-corrected chi connectivity index (χ3v) is 5.50. The lowest BCUT2D eigenvalue weighted by Gasteiger charge is -2.18. The number of alkyl halides is 3. The number of hydrogen-bond donors (Lipinski definition) is 4. The van der Waals surface area contributed by atoms with Gasteiger partial charge in [0.15, 0.2) is 0 Å². The number of fused-ring (bicyclic) bond motifs is 1. The van der Waals surface area contributed by atoms with Gasteiger partial charge < -0.3 is 26.1 Å². The van der Waals surface area contributed by atoms with Crippen molar-refractivity contribution in [3.63, 3.8) is 0 Å². The summed E-state index contributed by atoms with van der Waals surface area (Å²) in [6.07, 6.45) is -1.79. The van der Waals surface area contributed by atoms with Gasteiger partial charge in [0.25, 0.3) is 0 Å². The summed E-state index contributed by atoms with van der Waals surface area (Å²) in [7, 11) is 0. The maximum Gasteiger partial charge on any atom is 0.416 e. The van der Waals surface area contributed by atoms with Crippen molar-refractivity contribution in [1.82, 2.24) is 15.3 Å². The summed E-state index contributed by atoms with van der Waals surface area (Å²) in [5.41, 5.74) is 7.45. The number of carbonyl (C=O) groups excluding carboxylic acids is 1. The molecule has 166 valence electrons. The first-order valence-electron chi connectivity index (χ1n) is 9.47. The Morgan fingerprint density at radius 2 is 1.94 bits per heavy atom. The number of thiophene rings is 1. The maximum absolute atomic E-state index is 12.8. The number of halogens is 3. The van der Waals surface area contributed by atoms with Gasteiger partial charge in [0.1, 0.15) is 5.65 Å². The van der Waals surface area contributed by atoms with E-state index in [4.69, 9.17) is 10.5 Å². The van der Waals surface area contributed by atoms with Gasteiger partial charge >= 0.3 is 12.3 Å². The van der Waals surface area contributed by atoms with Crippen molar-refractivity contribution in [2.75, 3.05) is 11.9 Å². The topological polar surface area (TPSA) is 105 Å². The van der Waals surface area contributed by atoms with Crippen LogP contribution in [-0.2, 0) is 6.18 Å². The standard InChI is InChI=1S/C21H18F3N5O2S/c22-21(23,24)13-3-1-12(2-4-13)17(11-25)29-20(30)31-19-16(7-10-32-19)28-15-6-9-27-18-14(15)5-8-26-18/h1-10,17H,11,25H2,(H,29,30)(H2,26,27,28). The summed E-state index contributed by atoms with van der Waals surface area (Å²) in [6.45, 7) is -0.0154. The highest BCUT2D eigenvalue weighted by Gasteiger charge is 2.30. The lowest BCUT2D eigenvalue weighted by molar-refractivity contribution is -0.137. The van der Waals surface area contributed by atoms with Gasteiger partial charge in [-0.2, -0.15) is 13.2 Å². The Morgan fingerprint density at radius 1 is 1.16 bits per heavy atom. The molecular weight excluding hydrogens is 443 g/mol. The highest BCUT2D eigenvalue weighted by Crippen LogP contribution is 2.35. The molecule has 1 aromatic carbocycles. The summed E-state index contributed by atoms with van der Waals surface area (Å²) < 4.78 is 43.7. The SMILES string of the molecule is NCC(NC(=O)Oc1sccc1Nc1ccnc2[nH]ccc12)c1ccc(C(F)(F)F)cc1. The first-order valence-corrected chi connectivity index (χ1v) is 10.4. The Bertz CT molecular complexity index is 1220. The highest BCUT2D eigenvalue weighted by molar-refractivity contribution is 7.12. The second kappa shape index (κ2) is 8.89. The molecule has 0 aliphatic rings. The Kier molecular flexibility index (Phi) is 6.01. The van der Waals surface area contributed by atoms with E-state index in [-0.39, 0.29) is 6.54 Å². The molecule has 11 heteroatoms. The van der Waals surface area contributed by atoms with Crippen LogP contribution in [0.25, 0.3) is 11.0 Å². The lowest BCUT2D eigenvalue weighted by atomic mass is 10.0. The van der Waals surface area contributed by atoms with Crippen LogP contribution >= 0.6 is 11.3 Å². The van der Waals surface area contributed by atoms with Crippen molar-refractivity contribution >= 4 is 39.8 Å². The second-order valence-electron chi connectivity index (χ2n) is 6.79. The molecule has 3 aromatic heterocycles. The fourth-order valence-electron chi connectivity index (χ4n) is 3.12. The molecule has 3 heterocycles. The van der Waals surface area contributed by atoms with Crippen LogP contribution in [0.15, 0.2) is 60.2 Å². The normalized spacial score (nSPS) is 12.5. The van der Waals surface area contributed by atoms with Gasteiger partial charge in [0, 0.05) is 24.3 Å². The molecule has 32 heavy (non-hydrogen) atoms. The minimum absolute atomic E-state index is 0.0154. The van der Waals surface area contributed by atoms with Gasteiger partial charge in [-0.05, 0) is 41.3 Å². The molecule has 5 N–H and O–H groups in total. The van der Waals surface area contributed by atoms with Gasteiger partial charge in [0.05, 0.1) is 23.0 Å². The minimum atomic E-state index is -4.44. The average molecular weight is 461 g/mol. The Labute approximate surface area is 184 Å². The quantitative estimate of drug-likeness (QED) is 0.317. The number of benzene rings is 1. The number of amides is 1. The molecule has 0 saturated heterocycles. The number of nitrogens with zero attached hydrogens (tertiary/aromatic N) is 1. The Hall–Kier alpha value is -3.57. The molecule has 0 bridgehead atoms. The molecule has 0 saturated carbocycles. The molecule has 7 nitrogen and oxygen atoms in total. The number of nitrogens with two attached hydrogens (primary N) is 1. The lowest BCUT2D eigenvalue weighted by Crippen LogP contribution is -2.35. The van der Waals surface area contributed by atoms with Gasteiger partial charge in [-0.15, -0.1) is 11.3 Å². The summed E-state index contributed by atoms with van der Waals surface area (Å²) in [6, 6.07) is 9.19. The van der Waals surface area contributed by atoms with Crippen LogP contribution in [0.4, 0.5) is 29.3 Å². The van der Waals surface area contributed by atoms with Crippen LogP contribution in [0.5, 0.6) is 5.06 Å². The predicted molar refractivity (Wildman–Crippen MR) is 116 cm³/mol. The molecule has 4 aromatic rings. The summed E-state index contributed by atoms with van der Waals surface area (Å²) in [5.74, 6) is 0. The monoisotopic (exact) mass is 461 g/mol. The van der Waals surface area contributed by atoms with E-state index >= 15 is 0 Å². The molecule has 0 aliphatic carbocycles. The molecule has 0 spiro atoms. The largest absolute Gasteiger partial charge is 0.416 e. The fourth-order valence-corrected chi connectivity index (χ4v) is 3.82. The van der Waals surface area contributed by atoms with Crippen molar-refractivity contribution < 1.29 is 22.7 Å². The number of anilines is 2. The number of H-pyrrole nitrogens is 1. The van der Waals surface area contributed by atoms with E-state index < -0.39 is 23.9 Å². The number of ether oxygens (including phenoxy) is 1. The summed E-state index contributed by atoms with van der Waals surface area (Å²) in [5, 5.41) is 8.77. The van der Waals surface area contributed by atoms with Crippen molar-refractivity contribution in [3.05, 3.63) is 71.4 Å². The van der Waals surface area contributed by atoms with Gasteiger partial charge in [-0.1, -0.05) is 12.1 Å². The van der Waals surface area contributed by atoms with E-state index in [1.165, 1.54) is 23.5 Å². The Balaban J connectivity index is 1.44. The Morgan fingerprint density at radius 3 is 2.66 bits per heavy atom. The highest BCUT2D eigenvalue weighted by atomic mass is 32.1. The van der Waals surface area contributed by atoms with Gasteiger partial charge in [0.2, 0.25) is 5.06 Å². The smallest absolute Gasteiger partial charge is 0.397 e. The number of nitrogens with one attached hydrogen (secondary N) is 3. The number of rotatable bonds is 6. The van der Waals surface area contributed by atoms with Crippen LogP contribution in [-0.4, -0.2) is 22.6 Å². The van der Waals surface area contributed by atoms with Crippen molar-refractivity contribution in [3.8, 4) is 5.06 Å². The predicted octanol–water partition coefficient (Wildman–Crippen LogP) is 5.18. The van der Waals surface area contributed by atoms with E-state index in [1.54, 1.807) is 29.9 Å². The number of aromatic amines is 1. The summed E-state index contributed by atoms with van der Waals surface area (Å²) >= 11 is 1.21. The van der Waals surface area contributed by atoms with Crippen molar-refractivity contribution in [1.29, 1.82) is 0 Å². The average Bonchev–Trinajstić information content (AvgIpc) is 3.41. The first kappa shape index (κ1) is 21.7. The zero-order valence-electron chi connectivity index (χ0n) is 16.4. The van der Waals surface area contributed by atoms with Crippen LogP contribution in [0.2, 0.25) is 0 Å². The fraction of sp³-hybridized carbons (Fsp3) is 0.143.